The molecule has 8 heteroatoms. The van der Waals surface area contributed by atoms with Gasteiger partial charge >= 0.3 is 6.18 Å². The summed E-state index contributed by atoms with van der Waals surface area (Å²) >= 11 is 0. The molecule has 0 bridgehead atoms. The summed E-state index contributed by atoms with van der Waals surface area (Å²) in [6.45, 7) is 5.13. The molecule has 1 aromatic carbocycles. The Hall–Kier alpha value is -2.90. The lowest BCUT2D eigenvalue weighted by Gasteiger charge is -2.21. The molecule has 150 valence electrons. The monoisotopic (exact) mass is 393 g/mol. The molecule has 5 nitrogen and oxygen atoms in total. The molecule has 1 aromatic heterocycles. The average Bonchev–Trinajstić information content (AvgIpc) is 2.67. The molecule has 1 N–H and O–H groups in total. The Kier molecular flexibility index (Phi) is 7.14. The molecule has 0 aliphatic carbocycles. The molecule has 0 unspecified atom stereocenters. The normalized spacial score (nSPS) is 11.2. The molecule has 0 fully saturated rings. The second kappa shape index (κ2) is 9.34. The smallest absolute Gasteiger partial charge is 0.337 e. The highest BCUT2D eigenvalue weighted by molar-refractivity contribution is 6.05. The van der Waals surface area contributed by atoms with Crippen LogP contribution in [-0.2, 0) is 6.18 Å². The summed E-state index contributed by atoms with van der Waals surface area (Å²) in [4.78, 5) is 30.8. The first-order valence-electron chi connectivity index (χ1n) is 9.00. The molecule has 1 heterocycles. The van der Waals surface area contributed by atoms with E-state index < -0.39 is 17.6 Å². The van der Waals surface area contributed by atoms with E-state index in [1.165, 1.54) is 30.5 Å². The maximum Gasteiger partial charge on any atom is 0.416 e. The van der Waals surface area contributed by atoms with E-state index in [2.05, 4.69) is 10.3 Å². The van der Waals surface area contributed by atoms with Crippen LogP contribution in [0.1, 0.15) is 53.1 Å². The van der Waals surface area contributed by atoms with Gasteiger partial charge in [0.1, 0.15) is 5.69 Å². The fourth-order valence-electron chi connectivity index (χ4n) is 2.65. The van der Waals surface area contributed by atoms with E-state index in [4.69, 9.17) is 0 Å². The lowest BCUT2D eigenvalue weighted by molar-refractivity contribution is -0.137. The lowest BCUT2D eigenvalue weighted by atomic mass is 10.1. The predicted octanol–water partition coefficient (Wildman–Crippen LogP) is 4.61. The number of carbonyl (C=O) groups excluding carboxylic acids is 2. The number of aromatic nitrogens is 1. The van der Waals surface area contributed by atoms with Gasteiger partial charge in [-0.05, 0) is 49.2 Å². The van der Waals surface area contributed by atoms with Gasteiger partial charge in [0.05, 0.1) is 5.56 Å². The van der Waals surface area contributed by atoms with Crippen molar-refractivity contribution in [2.24, 2.45) is 0 Å². The van der Waals surface area contributed by atoms with Crippen LogP contribution in [0.25, 0.3) is 0 Å². The summed E-state index contributed by atoms with van der Waals surface area (Å²) in [6.07, 6.45) is -1.46. The van der Waals surface area contributed by atoms with E-state index in [1.807, 2.05) is 13.8 Å². The summed E-state index contributed by atoms with van der Waals surface area (Å²) in [5, 5.41) is 2.52. The van der Waals surface area contributed by atoms with Crippen molar-refractivity contribution in [2.45, 2.75) is 32.9 Å². The molecule has 0 aliphatic rings. The van der Waals surface area contributed by atoms with Gasteiger partial charge in [-0.15, -0.1) is 0 Å². The Balaban J connectivity index is 2.14. The molecular weight excluding hydrogens is 371 g/mol. The van der Waals surface area contributed by atoms with Gasteiger partial charge in [-0.2, -0.15) is 13.2 Å². The van der Waals surface area contributed by atoms with Crippen molar-refractivity contribution in [3.05, 3.63) is 59.4 Å². The van der Waals surface area contributed by atoms with Crippen molar-refractivity contribution in [1.29, 1.82) is 0 Å². The Morgan fingerprint density at radius 2 is 1.64 bits per heavy atom. The fraction of sp³-hybridized carbons (Fsp3) is 0.350. The van der Waals surface area contributed by atoms with Gasteiger partial charge in [0.15, 0.2) is 0 Å². The molecule has 0 atom stereocenters. The highest BCUT2D eigenvalue weighted by Crippen LogP contribution is 2.29. The van der Waals surface area contributed by atoms with Crippen LogP contribution >= 0.6 is 0 Å². The summed E-state index contributed by atoms with van der Waals surface area (Å²) < 4.78 is 37.8. The van der Waals surface area contributed by atoms with E-state index in [9.17, 15) is 22.8 Å². The van der Waals surface area contributed by atoms with Crippen molar-refractivity contribution >= 4 is 17.5 Å². The van der Waals surface area contributed by atoms with E-state index in [0.717, 1.165) is 25.0 Å². The summed E-state index contributed by atoms with van der Waals surface area (Å²) in [5.41, 5.74) is -0.219. The van der Waals surface area contributed by atoms with Gasteiger partial charge in [-0.25, -0.2) is 0 Å². The highest BCUT2D eigenvalue weighted by Gasteiger charge is 2.30. The van der Waals surface area contributed by atoms with Gasteiger partial charge in [0, 0.05) is 30.5 Å². The maximum atomic E-state index is 12.6. The Bertz CT molecular complexity index is 814. The Morgan fingerprint density at radius 1 is 1.04 bits per heavy atom. The van der Waals surface area contributed by atoms with Gasteiger partial charge < -0.3 is 10.2 Å². The summed E-state index contributed by atoms with van der Waals surface area (Å²) in [7, 11) is 0. The zero-order valence-corrected chi connectivity index (χ0v) is 15.7. The molecular formula is C20H22F3N3O2. The zero-order valence-electron chi connectivity index (χ0n) is 15.7. The number of hydrogen-bond acceptors (Lipinski definition) is 3. The van der Waals surface area contributed by atoms with Crippen molar-refractivity contribution in [2.75, 3.05) is 18.4 Å². The molecule has 2 aromatic rings. The van der Waals surface area contributed by atoms with Crippen LogP contribution in [-0.4, -0.2) is 34.8 Å². The van der Waals surface area contributed by atoms with E-state index in [-0.39, 0.29) is 22.9 Å². The van der Waals surface area contributed by atoms with Crippen molar-refractivity contribution in [3.8, 4) is 0 Å². The number of anilines is 1. The van der Waals surface area contributed by atoms with Gasteiger partial charge in [-0.1, -0.05) is 13.8 Å². The molecule has 2 amide bonds. The molecule has 0 spiro atoms. The van der Waals surface area contributed by atoms with Crippen LogP contribution in [0.15, 0.2) is 42.6 Å². The third kappa shape index (κ3) is 5.55. The topological polar surface area (TPSA) is 62.3 Å². The van der Waals surface area contributed by atoms with Crippen molar-refractivity contribution < 1.29 is 22.8 Å². The molecule has 0 saturated heterocycles. The zero-order chi connectivity index (χ0) is 20.7. The number of alkyl halides is 3. The van der Waals surface area contributed by atoms with E-state index in [1.54, 1.807) is 4.90 Å². The fourth-order valence-corrected chi connectivity index (χ4v) is 2.65. The van der Waals surface area contributed by atoms with Crippen molar-refractivity contribution in [3.63, 3.8) is 0 Å². The number of amides is 2. The quantitative estimate of drug-likeness (QED) is 0.747. The van der Waals surface area contributed by atoms with Gasteiger partial charge in [-0.3, -0.25) is 14.6 Å². The number of pyridine rings is 1. The second-order valence-electron chi connectivity index (χ2n) is 6.25. The number of benzene rings is 1. The van der Waals surface area contributed by atoms with Crippen LogP contribution in [0.3, 0.4) is 0 Å². The maximum absolute atomic E-state index is 12.6. The van der Waals surface area contributed by atoms with E-state index in [0.29, 0.717) is 13.1 Å². The molecule has 2 rings (SSSR count). The van der Waals surface area contributed by atoms with Crippen LogP contribution < -0.4 is 5.32 Å². The van der Waals surface area contributed by atoms with Crippen LogP contribution in [0.4, 0.5) is 18.9 Å². The predicted molar refractivity (Wildman–Crippen MR) is 100 cm³/mol. The molecule has 0 radical (unpaired) electrons. The summed E-state index contributed by atoms with van der Waals surface area (Å²) in [6, 6.07) is 6.98. The number of rotatable bonds is 7. The minimum atomic E-state index is -4.44. The first-order chi connectivity index (χ1) is 13.3. The SMILES string of the molecule is CCCN(CCC)C(=O)c1cc(C(=O)Nc2ccc(C(F)(F)F)cc2)ccn1. The molecule has 0 saturated carbocycles. The van der Waals surface area contributed by atoms with Crippen LogP contribution in [0.5, 0.6) is 0 Å². The number of carbonyl (C=O) groups is 2. The Morgan fingerprint density at radius 3 is 2.18 bits per heavy atom. The van der Waals surface area contributed by atoms with Crippen molar-refractivity contribution in [1.82, 2.24) is 9.88 Å². The molecule has 0 aliphatic heterocycles. The minimum Gasteiger partial charge on any atom is -0.337 e. The van der Waals surface area contributed by atoms with E-state index >= 15 is 0 Å². The number of nitrogens with zero attached hydrogens (tertiary/aromatic N) is 2. The van der Waals surface area contributed by atoms with Gasteiger partial charge in [0.25, 0.3) is 11.8 Å². The van der Waals surface area contributed by atoms with Crippen LogP contribution in [0.2, 0.25) is 0 Å². The Labute approximate surface area is 161 Å². The lowest BCUT2D eigenvalue weighted by Crippen LogP contribution is -2.33. The number of nitrogens with one attached hydrogen (secondary N) is 1. The second-order valence-corrected chi connectivity index (χ2v) is 6.25. The standard InChI is InChI=1S/C20H22F3N3O2/c1-3-11-26(12-4-2)19(28)17-13-14(9-10-24-17)18(27)25-16-7-5-15(6-8-16)20(21,22)23/h5-10,13H,3-4,11-12H2,1-2H3,(H,25,27). The van der Waals surface area contributed by atoms with Crippen LogP contribution in [0, 0.1) is 0 Å². The largest absolute Gasteiger partial charge is 0.416 e. The number of hydrogen-bond donors (Lipinski definition) is 1. The third-order valence-corrected chi connectivity index (χ3v) is 3.99. The number of halogens is 3. The minimum absolute atomic E-state index is 0.155. The highest BCUT2D eigenvalue weighted by atomic mass is 19.4. The third-order valence-electron chi connectivity index (χ3n) is 3.99. The first-order valence-corrected chi connectivity index (χ1v) is 9.00. The molecule has 28 heavy (non-hydrogen) atoms. The first kappa shape index (κ1) is 21.4. The summed E-state index contributed by atoms with van der Waals surface area (Å²) in [5.74, 6) is -0.790. The average molecular weight is 393 g/mol. The van der Waals surface area contributed by atoms with Gasteiger partial charge in [0.2, 0.25) is 0 Å².